The Labute approximate surface area is 343 Å². The Hall–Kier alpha value is -7.72. The summed E-state index contributed by atoms with van der Waals surface area (Å²) in [7, 11) is -1.95. The van der Waals surface area contributed by atoms with E-state index in [2.05, 4.69) is 203 Å². The van der Waals surface area contributed by atoms with E-state index < -0.39 is 10.0 Å². The van der Waals surface area contributed by atoms with Crippen LogP contribution in [0.5, 0.6) is 0 Å². The molecule has 59 heavy (non-hydrogen) atoms. The summed E-state index contributed by atoms with van der Waals surface area (Å²) in [4.78, 5) is 15.9. The van der Waals surface area contributed by atoms with Crippen LogP contribution in [0, 0.1) is 11.3 Å². The first kappa shape index (κ1) is 34.5. The fraction of sp³-hybridized carbons (Fsp3) is 0. The summed E-state index contributed by atoms with van der Waals surface area (Å²) in [6.07, 6.45) is 0. The second-order valence-corrected chi connectivity index (χ2v) is 17.7. The van der Waals surface area contributed by atoms with Gasteiger partial charge in [-0.05, 0) is 84.9 Å². The molecular formula is C53H35N5S. The lowest BCUT2D eigenvalue weighted by atomic mass is 10.1. The maximum atomic E-state index is 9.89. The number of fused-ring (bicyclic) bond motifs is 6. The van der Waals surface area contributed by atoms with Gasteiger partial charge < -0.3 is 0 Å². The fourth-order valence-corrected chi connectivity index (χ4v) is 12.7. The van der Waals surface area contributed by atoms with Gasteiger partial charge in [0.1, 0.15) is 5.82 Å². The quantitative estimate of drug-likeness (QED) is 0.162. The normalized spacial score (nSPS) is 12.0. The van der Waals surface area contributed by atoms with E-state index in [0.29, 0.717) is 11.5 Å². The van der Waals surface area contributed by atoms with Crippen LogP contribution in [-0.4, -0.2) is 19.1 Å². The lowest BCUT2D eigenvalue weighted by molar-refractivity contribution is 0.952. The molecule has 6 heteroatoms. The van der Waals surface area contributed by atoms with Crippen molar-refractivity contribution in [1.82, 2.24) is 19.1 Å². The Balaban J connectivity index is 1.23. The number of hydrogen-bond acceptors (Lipinski definition) is 3. The van der Waals surface area contributed by atoms with E-state index in [1.165, 1.54) is 19.6 Å². The van der Waals surface area contributed by atoms with Crippen molar-refractivity contribution in [3.63, 3.8) is 0 Å². The largest absolute Gasteiger partial charge is 0.294 e. The Morgan fingerprint density at radius 1 is 0.390 bits per heavy atom. The summed E-state index contributed by atoms with van der Waals surface area (Å²) >= 11 is 0. The molecule has 0 aliphatic heterocycles. The Morgan fingerprint density at radius 3 is 1.42 bits per heavy atom. The molecule has 11 aromatic rings. The van der Waals surface area contributed by atoms with Crippen molar-refractivity contribution in [1.29, 1.82) is 5.26 Å². The minimum atomic E-state index is -1.95. The van der Waals surface area contributed by atoms with Crippen molar-refractivity contribution < 1.29 is 0 Å². The molecule has 11 rings (SSSR count). The van der Waals surface area contributed by atoms with E-state index in [4.69, 9.17) is 9.97 Å². The van der Waals surface area contributed by atoms with Crippen molar-refractivity contribution in [2.45, 2.75) is 19.6 Å². The smallest absolute Gasteiger partial charge is 0.237 e. The summed E-state index contributed by atoms with van der Waals surface area (Å²) in [5.41, 5.74) is 6.45. The van der Waals surface area contributed by atoms with Gasteiger partial charge in [-0.1, -0.05) is 121 Å². The van der Waals surface area contributed by atoms with Crippen LogP contribution in [0.4, 0.5) is 0 Å². The summed E-state index contributed by atoms with van der Waals surface area (Å²) in [6, 6.07) is 77.4. The van der Waals surface area contributed by atoms with Gasteiger partial charge in [-0.25, -0.2) is 4.98 Å². The average Bonchev–Trinajstić information content (AvgIpc) is 3.83. The van der Waals surface area contributed by atoms with Crippen molar-refractivity contribution in [2.75, 3.05) is 0 Å². The zero-order valence-electron chi connectivity index (χ0n) is 31.9. The van der Waals surface area contributed by atoms with E-state index in [0.717, 1.165) is 60.7 Å². The molecule has 0 spiro atoms. The topological polar surface area (TPSA) is 59.4 Å². The van der Waals surface area contributed by atoms with E-state index >= 15 is 0 Å². The standard InChI is InChI=1S/C53H35N5S/c54-36-37-31-32-51-46(33-37)45-27-12-13-28-48(45)57(51)52-35-47(55-53(56-52)58-49-29-14-10-25-43(49)44-26-11-15-30-50(44)58)38-17-16-24-42(34-38)59(39-18-4-1-5-19-39,40-20-6-2-7-21-40)41-22-8-3-9-23-41/h1-35H. The molecule has 0 amide bonds. The van der Waals surface area contributed by atoms with E-state index in [9.17, 15) is 5.26 Å². The highest BCUT2D eigenvalue weighted by atomic mass is 32.3. The zero-order chi connectivity index (χ0) is 39.3. The maximum Gasteiger partial charge on any atom is 0.237 e. The summed E-state index contributed by atoms with van der Waals surface area (Å²) in [5, 5.41) is 14.2. The third-order valence-electron chi connectivity index (χ3n) is 11.3. The molecular weight excluding hydrogens is 739 g/mol. The first-order chi connectivity index (χ1) is 29.2. The van der Waals surface area contributed by atoms with Gasteiger partial charge in [-0.3, -0.25) is 9.13 Å². The van der Waals surface area contributed by atoms with E-state index in [1.807, 2.05) is 24.3 Å². The van der Waals surface area contributed by atoms with Crippen LogP contribution in [0.25, 0.3) is 66.6 Å². The predicted molar refractivity (Wildman–Crippen MR) is 241 cm³/mol. The number of hydrogen-bond donors (Lipinski definition) is 0. The van der Waals surface area contributed by atoms with Crippen LogP contribution in [0.15, 0.2) is 232 Å². The number of para-hydroxylation sites is 3. The lowest BCUT2D eigenvalue weighted by Gasteiger charge is -2.42. The number of nitrogens with zero attached hydrogens (tertiary/aromatic N) is 5. The van der Waals surface area contributed by atoms with E-state index in [1.54, 1.807) is 0 Å². The van der Waals surface area contributed by atoms with Gasteiger partial charge in [0.05, 0.1) is 39.4 Å². The monoisotopic (exact) mass is 773 g/mol. The minimum Gasteiger partial charge on any atom is -0.294 e. The average molecular weight is 774 g/mol. The summed E-state index contributed by atoms with van der Waals surface area (Å²) in [5.74, 6) is 1.31. The molecule has 3 heterocycles. The molecule has 0 N–H and O–H groups in total. The third kappa shape index (κ3) is 5.48. The minimum absolute atomic E-state index is 0.577. The van der Waals surface area contributed by atoms with Gasteiger partial charge in [0.2, 0.25) is 5.95 Å². The highest BCUT2D eigenvalue weighted by Gasteiger charge is 2.33. The number of nitriles is 1. The number of aromatic nitrogens is 4. The van der Waals surface area contributed by atoms with Crippen LogP contribution in [-0.2, 0) is 0 Å². The molecule has 0 radical (unpaired) electrons. The molecule has 0 aliphatic rings. The van der Waals surface area contributed by atoms with Crippen LogP contribution in [0.3, 0.4) is 0 Å². The fourth-order valence-electron chi connectivity index (χ4n) is 8.75. The van der Waals surface area contributed by atoms with Gasteiger partial charge in [0.25, 0.3) is 0 Å². The zero-order valence-corrected chi connectivity index (χ0v) is 32.7. The second-order valence-electron chi connectivity index (χ2n) is 14.6. The van der Waals surface area contributed by atoms with Gasteiger partial charge in [-0.15, -0.1) is 10.0 Å². The van der Waals surface area contributed by atoms with Crippen LogP contribution in [0.2, 0.25) is 0 Å². The van der Waals surface area contributed by atoms with Crippen molar-refractivity contribution >= 4 is 53.6 Å². The highest BCUT2D eigenvalue weighted by molar-refractivity contribution is 8.34. The third-order valence-corrected chi connectivity index (χ3v) is 15.2. The van der Waals surface area contributed by atoms with Crippen molar-refractivity contribution in [3.8, 4) is 29.1 Å². The molecule has 0 saturated heterocycles. The van der Waals surface area contributed by atoms with E-state index in [-0.39, 0.29) is 0 Å². The molecule has 8 aromatic carbocycles. The molecule has 0 aliphatic carbocycles. The van der Waals surface area contributed by atoms with Crippen LogP contribution in [0.1, 0.15) is 5.56 Å². The summed E-state index contributed by atoms with van der Waals surface area (Å²) < 4.78 is 4.41. The van der Waals surface area contributed by atoms with Crippen LogP contribution >= 0.6 is 10.0 Å². The molecule has 5 nitrogen and oxygen atoms in total. The van der Waals surface area contributed by atoms with Gasteiger partial charge in [0, 0.05) is 52.8 Å². The highest BCUT2D eigenvalue weighted by Crippen LogP contribution is 2.73. The number of rotatable bonds is 7. The Kier molecular flexibility index (Phi) is 8.21. The van der Waals surface area contributed by atoms with Crippen LogP contribution < -0.4 is 0 Å². The second kappa shape index (κ2) is 14.0. The van der Waals surface area contributed by atoms with Crippen molar-refractivity contribution in [3.05, 3.63) is 218 Å². The molecule has 0 fully saturated rings. The molecule has 0 unspecified atom stereocenters. The molecule has 3 aromatic heterocycles. The van der Waals surface area contributed by atoms with Gasteiger partial charge in [-0.2, -0.15) is 10.2 Å². The van der Waals surface area contributed by atoms with Gasteiger partial charge >= 0.3 is 0 Å². The first-order valence-electron chi connectivity index (χ1n) is 19.6. The predicted octanol–water partition coefficient (Wildman–Crippen LogP) is 13.6. The Bertz CT molecular complexity index is 3250. The summed E-state index contributed by atoms with van der Waals surface area (Å²) in [6.45, 7) is 0. The molecule has 0 bridgehead atoms. The Morgan fingerprint density at radius 2 is 0.864 bits per heavy atom. The maximum absolute atomic E-state index is 9.89. The molecule has 0 saturated carbocycles. The molecule has 278 valence electrons. The first-order valence-corrected chi connectivity index (χ1v) is 21.3. The molecule has 0 atom stereocenters. The van der Waals surface area contributed by atoms with Crippen molar-refractivity contribution in [2.24, 2.45) is 0 Å². The number of benzene rings is 8. The SMILES string of the molecule is N#Cc1ccc2c(c1)c1ccccc1n2-c1cc(-c2cccc(S(c3ccccc3)(c3ccccc3)c3ccccc3)c2)nc(-n2c3ccccc3c3ccccc32)n1. The van der Waals surface area contributed by atoms with Gasteiger partial charge in [0.15, 0.2) is 0 Å². The lowest BCUT2D eigenvalue weighted by Crippen LogP contribution is -2.08.